The van der Waals surface area contributed by atoms with Gasteiger partial charge < -0.3 is 0 Å². The third-order valence-electron chi connectivity index (χ3n) is 10.3. The molecule has 0 unspecified atom stereocenters. The Kier molecular flexibility index (Phi) is 6.68. The Morgan fingerprint density at radius 1 is 0.314 bits per heavy atom. The lowest BCUT2D eigenvalue weighted by atomic mass is 9.68. The van der Waals surface area contributed by atoms with Gasteiger partial charge in [0.1, 0.15) is 17.1 Å². The van der Waals surface area contributed by atoms with Crippen LogP contribution in [0.2, 0.25) is 0 Å². The number of nitrogens with zero attached hydrogens (tertiary/aromatic N) is 4. The number of benzene rings is 7. The molecule has 3 heterocycles. The van der Waals surface area contributed by atoms with Crippen LogP contribution in [0, 0.1) is 0 Å². The summed E-state index contributed by atoms with van der Waals surface area (Å²) in [5, 5.41) is 4.75. The van der Waals surface area contributed by atoms with Gasteiger partial charge in [-0.3, -0.25) is 9.13 Å². The fourth-order valence-electron chi connectivity index (χ4n) is 8.11. The van der Waals surface area contributed by atoms with Gasteiger partial charge >= 0.3 is 0 Å². The van der Waals surface area contributed by atoms with Crippen molar-refractivity contribution in [2.24, 2.45) is 0 Å². The molecule has 0 aliphatic rings. The molecular formula is C47H32N4. The van der Waals surface area contributed by atoms with Gasteiger partial charge in [-0.05, 0) is 41.0 Å². The SMILES string of the molecule is c1ccc(C(c2ccccc2)(c2ccccc2)c2nc(-n3c4ccccc4c4ccccc43)cc(-n3c4ccccc4c4ccccc43)n2)cc1. The monoisotopic (exact) mass is 652 g/mol. The third-order valence-corrected chi connectivity index (χ3v) is 10.3. The van der Waals surface area contributed by atoms with E-state index in [1.165, 1.54) is 21.5 Å². The molecule has 10 rings (SSSR count). The van der Waals surface area contributed by atoms with Gasteiger partial charge in [0.25, 0.3) is 0 Å². The van der Waals surface area contributed by atoms with Crippen LogP contribution in [0.25, 0.3) is 55.2 Å². The van der Waals surface area contributed by atoms with E-state index in [1.54, 1.807) is 0 Å². The zero-order valence-corrected chi connectivity index (χ0v) is 27.8. The van der Waals surface area contributed by atoms with Crippen LogP contribution in [0.3, 0.4) is 0 Å². The van der Waals surface area contributed by atoms with E-state index in [4.69, 9.17) is 9.97 Å². The van der Waals surface area contributed by atoms with Crippen molar-refractivity contribution in [2.75, 3.05) is 0 Å². The highest BCUT2D eigenvalue weighted by molar-refractivity contribution is 6.10. The van der Waals surface area contributed by atoms with Gasteiger partial charge in [-0.2, -0.15) is 0 Å². The predicted molar refractivity (Wildman–Crippen MR) is 209 cm³/mol. The fourth-order valence-corrected chi connectivity index (χ4v) is 8.11. The summed E-state index contributed by atoms with van der Waals surface area (Å²) in [6.07, 6.45) is 0. The summed E-state index contributed by atoms with van der Waals surface area (Å²) >= 11 is 0. The summed E-state index contributed by atoms with van der Waals surface area (Å²) in [6, 6.07) is 68.7. The largest absolute Gasteiger partial charge is 0.294 e. The van der Waals surface area contributed by atoms with Crippen LogP contribution in [-0.4, -0.2) is 19.1 Å². The molecule has 7 aromatic carbocycles. The second kappa shape index (κ2) is 11.7. The lowest BCUT2D eigenvalue weighted by Gasteiger charge is -2.35. The van der Waals surface area contributed by atoms with Crippen molar-refractivity contribution in [3.8, 4) is 11.6 Å². The Bertz CT molecular complexity index is 2520. The van der Waals surface area contributed by atoms with Crippen LogP contribution >= 0.6 is 0 Å². The van der Waals surface area contributed by atoms with Crippen molar-refractivity contribution in [2.45, 2.75) is 5.41 Å². The second-order valence-corrected chi connectivity index (χ2v) is 13.0. The Labute approximate surface area is 295 Å². The number of rotatable bonds is 6. The number of hydrogen-bond acceptors (Lipinski definition) is 2. The molecule has 3 aromatic heterocycles. The maximum absolute atomic E-state index is 5.69. The van der Waals surface area contributed by atoms with Crippen LogP contribution < -0.4 is 0 Å². The first-order chi connectivity index (χ1) is 25.3. The van der Waals surface area contributed by atoms with Gasteiger partial charge in [0.2, 0.25) is 0 Å². The van der Waals surface area contributed by atoms with Gasteiger partial charge in [0.05, 0.1) is 22.1 Å². The normalized spacial score (nSPS) is 11.9. The molecule has 240 valence electrons. The molecule has 0 radical (unpaired) electrons. The van der Waals surface area contributed by atoms with E-state index in [9.17, 15) is 0 Å². The standard InChI is InChI=1S/C47H32N4/c1-4-18-33(19-5-1)47(34-20-6-2-7-21-34,35-22-8-3-9-23-35)46-48-44(50-40-28-14-10-24-36(40)37-25-11-15-29-41(37)50)32-45(49-46)51-42-30-16-12-26-38(42)39-27-13-17-31-43(39)51/h1-32H. The Morgan fingerprint density at radius 2 is 0.588 bits per heavy atom. The minimum atomic E-state index is -0.841. The maximum Gasteiger partial charge on any atom is 0.152 e. The van der Waals surface area contributed by atoms with Crippen LogP contribution in [0.1, 0.15) is 22.5 Å². The summed E-state index contributed by atoms with van der Waals surface area (Å²) in [4.78, 5) is 11.4. The quantitative estimate of drug-likeness (QED) is 0.168. The molecule has 0 fully saturated rings. The summed E-state index contributed by atoms with van der Waals surface area (Å²) < 4.78 is 4.61. The van der Waals surface area contributed by atoms with Gasteiger partial charge in [-0.15, -0.1) is 0 Å². The molecule has 0 saturated heterocycles. The highest BCUT2D eigenvalue weighted by atomic mass is 15.2. The van der Waals surface area contributed by atoms with Crippen LogP contribution in [0.15, 0.2) is 194 Å². The van der Waals surface area contributed by atoms with E-state index in [1.807, 2.05) is 0 Å². The fraction of sp³-hybridized carbons (Fsp3) is 0.0213. The van der Waals surface area contributed by atoms with Gasteiger partial charge in [0, 0.05) is 27.6 Å². The zero-order valence-electron chi connectivity index (χ0n) is 27.8. The predicted octanol–water partition coefficient (Wildman–Crippen LogP) is 11.1. The molecule has 0 saturated carbocycles. The summed E-state index contributed by atoms with van der Waals surface area (Å²) in [5.41, 5.74) is 6.83. The van der Waals surface area contributed by atoms with E-state index >= 15 is 0 Å². The smallest absolute Gasteiger partial charge is 0.152 e. The highest BCUT2D eigenvalue weighted by Gasteiger charge is 2.42. The van der Waals surface area contributed by atoms with Crippen molar-refractivity contribution in [1.82, 2.24) is 19.1 Å². The Balaban J connectivity index is 1.41. The topological polar surface area (TPSA) is 35.6 Å². The molecular weight excluding hydrogens is 621 g/mol. The first kappa shape index (κ1) is 29.2. The zero-order chi connectivity index (χ0) is 33.8. The lowest BCUT2D eigenvalue weighted by Crippen LogP contribution is -2.34. The average molecular weight is 653 g/mol. The number of aromatic nitrogens is 4. The molecule has 0 aliphatic heterocycles. The van der Waals surface area contributed by atoms with E-state index in [-0.39, 0.29) is 0 Å². The minimum Gasteiger partial charge on any atom is -0.294 e. The Morgan fingerprint density at radius 3 is 0.902 bits per heavy atom. The molecule has 0 amide bonds. The van der Waals surface area contributed by atoms with Crippen molar-refractivity contribution in [3.63, 3.8) is 0 Å². The molecule has 51 heavy (non-hydrogen) atoms. The van der Waals surface area contributed by atoms with Crippen molar-refractivity contribution < 1.29 is 0 Å². The van der Waals surface area contributed by atoms with Crippen LogP contribution in [0.4, 0.5) is 0 Å². The highest BCUT2D eigenvalue weighted by Crippen LogP contribution is 2.45. The van der Waals surface area contributed by atoms with Crippen LogP contribution in [0.5, 0.6) is 0 Å². The van der Waals surface area contributed by atoms with E-state index in [0.29, 0.717) is 5.82 Å². The van der Waals surface area contributed by atoms with E-state index in [2.05, 4.69) is 203 Å². The molecule has 4 nitrogen and oxygen atoms in total. The van der Waals surface area contributed by atoms with Gasteiger partial charge in [-0.1, -0.05) is 164 Å². The molecule has 4 heteroatoms. The number of hydrogen-bond donors (Lipinski definition) is 0. The number of fused-ring (bicyclic) bond motifs is 6. The van der Waals surface area contributed by atoms with E-state index in [0.717, 1.165) is 50.4 Å². The van der Waals surface area contributed by atoms with E-state index < -0.39 is 5.41 Å². The Hall–Kier alpha value is -6.78. The molecule has 0 aliphatic carbocycles. The second-order valence-electron chi connectivity index (χ2n) is 13.0. The first-order valence-corrected chi connectivity index (χ1v) is 17.4. The summed E-state index contributed by atoms with van der Waals surface area (Å²) in [7, 11) is 0. The molecule has 0 bridgehead atoms. The molecule has 0 spiro atoms. The maximum atomic E-state index is 5.69. The molecule has 10 aromatic rings. The molecule has 0 N–H and O–H groups in total. The van der Waals surface area contributed by atoms with Gasteiger partial charge in [-0.25, -0.2) is 9.97 Å². The first-order valence-electron chi connectivity index (χ1n) is 17.4. The third kappa shape index (κ3) is 4.40. The lowest BCUT2D eigenvalue weighted by molar-refractivity contribution is 0.672. The average Bonchev–Trinajstić information content (AvgIpc) is 3.73. The van der Waals surface area contributed by atoms with Gasteiger partial charge in [0.15, 0.2) is 5.82 Å². The summed E-state index contributed by atoms with van der Waals surface area (Å²) in [5.74, 6) is 2.31. The van der Waals surface area contributed by atoms with Crippen molar-refractivity contribution in [1.29, 1.82) is 0 Å². The number of para-hydroxylation sites is 4. The van der Waals surface area contributed by atoms with Crippen molar-refractivity contribution in [3.05, 3.63) is 217 Å². The summed E-state index contributed by atoms with van der Waals surface area (Å²) in [6.45, 7) is 0. The minimum absolute atomic E-state index is 0.697. The molecule has 0 atom stereocenters. The van der Waals surface area contributed by atoms with Crippen LogP contribution in [-0.2, 0) is 5.41 Å². The van der Waals surface area contributed by atoms with Crippen molar-refractivity contribution >= 4 is 43.6 Å².